The lowest BCUT2D eigenvalue weighted by Crippen LogP contribution is -2.62. The monoisotopic (exact) mass is 311 g/mol. The number of rotatable bonds is 4. The third kappa shape index (κ3) is 1.98. The topological polar surface area (TPSA) is 132 Å². The Morgan fingerprint density at radius 3 is 2.00 bits per heavy atom. The minimum absolute atomic E-state index is 0.208. The van der Waals surface area contributed by atoms with Crippen LogP contribution in [0.25, 0.3) is 0 Å². The van der Waals surface area contributed by atoms with Gasteiger partial charge in [-0.15, -0.1) is 0 Å². The van der Waals surface area contributed by atoms with Crippen molar-refractivity contribution in [2.45, 2.75) is 12.0 Å². The molecule has 1 atom stereocenters. The van der Waals surface area contributed by atoms with Gasteiger partial charge in [0.05, 0.1) is 0 Å². The van der Waals surface area contributed by atoms with Gasteiger partial charge < -0.3 is 15.3 Å². The molecule has 116 valence electrons. The number of hydrogen-bond donors (Lipinski definition) is 3. The Hall–Kier alpha value is -2.97. The van der Waals surface area contributed by atoms with E-state index in [-0.39, 0.29) is 5.69 Å². The molecule has 0 saturated carbocycles. The minimum Gasteiger partial charge on any atom is -0.481 e. The summed E-state index contributed by atoms with van der Waals surface area (Å²) in [5.41, 5.74) is -3.19. The first-order valence-corrected chi connectivity index (χ1v) is 6.01. The van der Waals surface area contributed by atoms with Crippen molar-refractivity contribution in [3.63, 3.8) is 0 Å². The van der Waals surface area contributed by atoms with Gasteiger partial charge in [0, 0.05) is 12.1 Å². The van der Waals surface area contributed by atoms with Crippen molar-refractivity contribution in [3.05, 3.63) is 30.1 Å². The van der Waals surface area contributed by atoms with Crippen molar-refractivity contribution < 1.29 is 38.9 Å². The number of halogens is 1. The lowest BCUT2D eigenvalue weighted by molar-refractivity contribution is -0.165. The highest BCUT2D eigenvalue weighted by Crippen LogP contribution is 2.40. The highest BCUT2D eigenvalue weighted by atomic mass is 19.1. The molecule has 1 amide bonds. The van der Waals surface area contributed by atoms with E-state index in [2.05, 4.69) is 0 Å². The van der Waals surface area contributed by atoms with Crippen molar-refractivity contribution in [2.24, 2.45) is 5.92 Å². The molecule has 1 saturated heterocycles. The summed E-state index contributed by atoms with van der Waals surface area (Å²) in [5, 5.41) is 27.8. The van der Waals surface area contributed by atoms with Crippen molar-refractivity contribution >= 4 is 29.5 Å². The molecule has 0 spiro atoms. The van der Waals surface area contributed by atoms with Crippen LogP contribution in [0.4, 0.5) is 10.1 Å². The van der Waals surface area contributed by atoms with Crippen molar-refractivity contribution in [1.29, 1.82) is 0 Å². The number of carbonyl (C=O) groups is 4. The standard InChI is InChI=1S/C13H10FNO7/c14-6-1-3-7(4-2-6)15-9(16)5-8(10(17)18)13(15,11(19)20)12(21)22/h1-4,8H,5H2,(H,17,18)(H,19,20)(H,21,22). The normalized spacial score (nSPS) is 20.0. The number of benzene rings is 1. The summed E-state index contributed by atoms with van der Waals surface area (Å²) in [6, 6.07) is 3.84. The number of hydrogen-bond acceptors (Lipinski definition) is 4. The molecule has 3 N–H and O–H groups in total. The third-order valence-electron chi connectivity index (χ3n) is 3.52. The average Bonchev–Trinajstić information content (AvgIpc) is 2.74. The fourth-order valence-electron chi connectivity index (χ4n) is 2.55. The molecule has 1 aliphatic heterocycles. The van der Waals surface area contributed by atoms with E-state index in [1.165, 1.54) is 0 Å². The highest BCUT2D eigenvalue weighted by Gasteiger charge is 2.67. The van der Waals surface area contributed by atoms with Crippen LogP contribution >= 0.6 is 0 Å². The van der Waals surface area contributed by atoms with E-state index >= 15 is 0 Å². The Morgan fingerprint density at radius 1 is 1.09 bits per heavy atom. The Bertz CT molecular complexity index is 655. The second-order valence-corrected chi connectivity index (χ2v) is 4.68. The molecule has 1 fully saturated rings. The van der Waals surface area contributed by atoms with Crippen molar-refractivity contribution in [3.8, 4) is 0 Å². The Balaban J connectivity index is 2.70. The fraction of sp³-hybridized carbons (Fsp3) is 0.231. The van der Waals surface area contributed by atoms with Crippen LogP contribution in [0.5, 0.6) is 0 Å². The maximum absolute atomic E-state index is 13.0. The molecule has 2 rings (SSSR count). The van der Waals surface area contributed by atoms with E-state index in [0.29, 0.717) is 4.90 Å². The summed E-state index contributed by atoms with van der Waals surface area (Å²) in [6.07, 6.45) is -0.786. The molecule has 1 unspecified atom stereocenters. The van der Waals surface area contributed by atoms with Gasteiger partial charge in [-0.3, -0.25) is 14.5 Å². The summed E-state index contributed by atoms with van der Waals surface area (Å²) in [4.78, 5) is 46.8. The highest BCUT2D eigenvalue weighted by molar-refractivity contribution is 6.20. The van der Waals surface area contributed by atoms with Crippen LogP contribution in [0.1, 0.15) is 6.42 Å². The molecule has 22 heavy (non-hydrogen) atoms. The third-order valence-corrected chi connectivity index (χ3v) is 3.52. The zero-order valence-corrected chi connectivity index (χ0v) is 10.9. The maximum Gasteiger partial charge on any atom is 0.342 e. The summed E-state index contributed by atoms with van der Waals surface area (Å²) in [6.45, 7) is 0. The largest absolute Gasteiger partial charge is 0.481 e. The van der Waals surface area contributed by atoms with Gasteiger partial charge in [0.1, 0.15) is 11.7 Å². The van der Waals surface area contributed by atoms with Crippen LogP contribution in [-0.4, -0.2) is 44.7 Å². The summed E-state index contributed by atoms with van der Waals surface area (Å²) in [5.74, 6) is -9.32. The summed E-state index contributed by atoms with van der Waals surface area (Å²) in [7, 11) is 0. The lowest BCUT2D eigenvalue weighted by atomic mass is 9.84. The molecule has 0 radical (unpaired) electrons. The van der Waals surface area contributed by atoms with Gasteiger partial charge in [-0.05, 0) is 24.3 Å². The Labute approximate surface area is 122 Å². The molecule has 1 aliphatic rings. The Morgan fingerprint density at radius 2 is 1.59 bits per heavy atom. The quantitative estimate of drug-likeness (QED) is 0.675. The molecular weight excluding hydrogens is 301 g/mol. The van der Waals surface area contributed by atoms with Gasteiger partial charge in [0.15, 0.2) is 0 Å². The molecule has 0 aromatic heterocycles. The molecule has 1 heterocycles. The number of carbonyl (C=O) groups excluding carboxylic acids is 1. The SMILES string of the molecule is O=C(O)C1CC(=O)N(c2ccc(F)cc2)C1(C(=O)O)C(=O)O. The average molecular weight is 311 g/mol. The van der Waals surface area contributed by atoms with E-state index in [0.717, 1.165) is 24.3 Å². The minimum atomic E-state index is -2.99. The second-order valence-electron chi connectivity index (χ2n) is 4.68. The first-order valence-electron chi connectivity index (χ1n) is 6.01. The number of anilines is 1. The number of carboxylic acid groups (broad SMARTS) is 3. The maximum atomic E-state index is 13.0. The van der Waals surface area contributed by atoms with Crippen LogP contribution in [0.2, 0.25) is 0 Å². The zero-order chi connectivity index (χ0) is 16.7. The Kier molecular flexibility index (Phi) is 3.57. The van der Waals surface area contributed by atoms with Gasteiger partial charge in [0.25, 0.3) is 5.54 Å². The van der Waals surface area contributed by atoms with E-state index < -0.39 is 47.5 Å². The van der Waals surface area contributed by atoms with Gasteiger partial charge in [-0.2, -0.15) is 0 Å². The van der Waals surface area contributed by atoms with Crippen LogP contribution < -0.4 is 4.90 Å². The number of aliphatic carboxylic acids is 3. The van der Waals surface area contributed by atoms with Crippen LogP contribution in [0.15, 0.2) is 24.3 Å². The number of amides is 1. The molecule has 1 aromatic carbocycles. The number of carboxylic acids is 3. The molecule has 8 nitrogen and oxygen atoms in total. The molecule has 1 aromatic rings. The van der Waals surface area contributed by atoms with E-state index in [4.69, 9.17) is 5.11 Å². The van der Waals surface area contributed by atoms with Gasteiger partial charge in [-0.1, -0.05) is 0 Å². The predicted molar refractivity (Wildman–Crippen MR) is 67.6 cm³/mol. The first-order chi connectivity index (χ1) is 10.2. The second kappa shape index (κ2) is 5.10. The van der Waals surface area contributed by atoms with Crippen molar-refractivity contribution in [1.82, 2.24) is 0 Å². The van der Waals surface area contributed by atoms with Crippen molar-refractivity contribution in [2.75, 3.05) is 4.90 Å². The van der Waals surface area contributed by atoms with Crippen LogP contribution in [-0.2, 0) is 19.2 Å². The van der Waals surface area contributed by atoms with E-state index in [1.54, 1.807) is 0 Å². The molecular formula is C13H10FNO7. The molecule has 0 aliphatic carbocycles. The first kappa shape index (κ1) is 15.4. The number of nitrogens with zero attached hydrogens (tertiary/aromatic N) is 1. The van der Waals surface area contributed by atoms with Gasteiger partial charge in [0.2, 0.25) is 5.91 Å². The zero-order valence-electron chi connectivity index (χ0n) is 10.9. The predicted octanol–water partition coefficient (Wildman–Crippen LogP) is 0.171. The van der Waals surface area contributed by atoms with Crippen LogP contribution in [0.3, 0.4) is 0 Å². The molecule has 0 bridgehead atoms. The van der Waals surface area contributed by atoms with Gasteiger partial charge in [-0.25, -0.2) is 14.0 Å². The summed E-state index contributed by atoms with van der Waals surface area (Å²) >= 11 is 0. The fourth-order valence-corrected chi connectivity index (χ4v) is 2.55. The lowest BCUT2D eigenvalue weighted by Gasteiger charge is -2.33. The molecule has 9 heteroatoms. The van der Waals surface area contributed by atoms with E-state index in [1.807, 2.05) is 0 Å². The smallest absolute Gasteiger partial charge is 0.342 e. The van der Waals surface area contributed by atoms with Crippen LogP contribution in [0, 0.1) is 11.7 Å². The van der Waals surface area contributed by atoms with Gasteiger partial charge >= 0.3 is 17.9 Å². The van der Waals surface area contributed by atoms with E-state index in [9.17, 15) is 33.8 Å². The summed E-state index contributed by atoms with van der Waals surface area (Å²) < 4.78 is 13.0.